The Hall–Kier alpha value is -0.820. The van der Waals surface area contributed by atoms with Crippen molar-refractivity contribution in [2.24, 2.45) is 17.1 Å². The van der Waals surface area contributed by atoms with Crippen LogP contribution in [0.5, 0.6) is 0 Å². The molecule has 1 heteroatoms. The second-order valence-electron chi connectivity index (χ2n) is 6.62. The molecule has 0 radical (unpaired) electrons. The van der Waals surface area contributed by atoms with Gasteiger partial charge in [0.25, 0.3) is 0 Å². The molecule has 2 atom stereocenters. The summed E-state index contributed by atoms with van der Waals surface area (Å²) < 4.78 is 0. The van der Waals surface area contributed by atoms with Crippen molar-refractivity contribution < 1.29 is 0 Å². The molecular formula is C16H23N. The van der Waals surface area contributed by atoms with Gasteiger partial charge in [-0.15, -0.1) is 0 Å². The molecule has 1 aromatic rings. The highest BCUT2D eigenvalue weighted by molar-refractivity contribution is 5.35. The molecule has 0 saturated heterocycles. The van der Waals surface area contributed by atoms with Crippen LogP contribution in [0.2, 0.25) is 0 Å². The molecule has 0 amide bonds. The average Bonchev–Trinajstić information content (AvgIpc) is 2.73. The van der Waals surface area contributed by atoms with Crippen molar-refractivity contribution >= 4 is 0 Å². The van der Waals surface area contributed by atoms with Crippen molar-refractivity contribution in [1.82, 2.24) is 0 Å². The molecule has 2 aliphatic carbocycles. The lowest BCUT2D eigenvalue weighted by atomic mass is 9.96. The third-order valence-corrected chi connectivity index (χ3v) is 4.74. The predicted molar refractivity (Wildman–Crippen MR) is 72.0 cm³/mol. The molecule has 17 heavy (non-hydrogen) atoms. The molecule has 1 saturated carbocycles. The van der Waals surface area contributed by atoms with Crippen LogP contribution >= 0.6 is 0 Å². The second-order valence-corrected chi connectivity index (χ2v) is 6.62. The van der Waals surface area contributed by atoms with Gasteiger partial charge in [0.2, 0.25) is 0 Å². The number of fused-ring (bicyclic) bond motifs is 1. The van der Waals surface area contributed by atoms with Crippen molar-refractivity contribution in [1.29, 1.82) is 0 Å². The first-order chi connectivity index (χ1) is 8.06. The SMILES string of the molecule is CC1(C)CC1C(N)Cc1ccc2c(c1)CCC2. The van der Waals surface area contributed by atoms with E-state index in [1.807, 2.05) is 0 Å². The van der Waals surface area contributed by atoms with Gasteiger partial charge in [-0.1, -0.05) is 32.0 Å². The summed E-state index contributed by atoms with van der Waals surface area (Å²) in [5, 5.41) is 0. The van der Waals surface area contributed by atoms with Gasteiger partial charge in [0, 0.05) is 6.04 Å². The molecule has 0 bridgehead atoms. The zero-order chi connectivity index (χ0) is 12.0. The quantitative estimate of drug-likeness (QED) is 0.847. The van der Waals surface area contributed by atoms with Gasteiger partial charge in [0.05, 0.1) is 0 Å². The first-order valence-corrected chi connectivity index (χ1v) is 6.92. The maximum atomic E-state index is 6.33. The smallest absolute Gasteiger partial charge is 0.0113 e. The molecule has 0 aromatic heterocycles. The van der Waals surface area contributed by atoms with E-state index in [9.17, 15) is 0 Å². The van der Waals surface area contributed by atoms with Crippen molar-refractivity contribution in [2.45, 2.75) is 52.0 Å². The zero-order valence-corrected chi connectivity index (χ0v) is 11.0. The zero-order valence-electron chi connectivity index (χ0n) is 11.0. The Bertz CT molecular complexity index is 433. The van der Waals surface area contributed by atoms with Crippen LogP contribution in [0.15, 0.2) is 18.2 Å². The first kappa shape index (κ1) is 11.3. The third-order valence-electron chi connectivity index (χ3n) is 4.74. The number of rotatable bonds is 3. The predicted octanol–water partition coefficient (Wildman–Crippen LogP) is 3.09. The molecule has 2 N–H and O–H groups in total. The maximum absolute atomic E-state index is 6.33. The number of nitrogens with two attached hydrogens (primary N) is 1. The normalized spacial score (nSPS) is 26.6. The highest BCUT2D eigenvalue weighted by Crippen LogP contribution is 2.53. The van der Waals surface area contributed by atoms with Gasteiger partial charge in [0.1, 0.15) is 0 Å². The van der Waals surface area contributed by atoms with Gasteiger partial charge < -0.3 is 5.73 Å². The second kappa shape index (κ2) is 3.84. The Morgan fingerprint density at radius 1 is 1.29 bits per heavy atom. The third kappa shape index (κ3) is 2.13. The molecule has 3 rings (SSSR count). The molecule has 1 fully saturated rings. The lowest BCUT2D eigenvalue weighted by Gasteiger charge is -2.14. The number of benzene rings is 1. The molecule has 92 valence electrons. The van der Waals surface area contributed by atoms with Crippen molar-refractivity contribution in [2.75, 3.05) is 0 Å². The summed E-state index contributed by atoms with van der Waals surface area (Å²) in [5.74, 6) is 0.732. The maximum Gasteiger partial charge on any atom is 0.0113 e. The van der Waals surface area contributed by atoms with Gasteiger partial charge >= 0.3 is 0 Å². The van der Waals surface area contributed by atoms with Gasteiger partial charge in [0.15, 0.2) is 0 Å². The van der Waals surface area contributed by atoms with Gasteiger partial charge in [-0.25, -0.2) is 0 Å². The van der Waals surface area contributed by atoms with E-state index in [2.05, 4.69) is 32.0 Å². The standard InChI is InChI=1S/C16H23N/c1-16(2)10-14(16)15(17)9-11-6-7-12-4-3-5-13(12)8-11/h6-8,14-15H,3-5,9-10,17H2,1-2H3. The van der Waals surface area contributed by atoms with Crippen LogP contribution < -0.4 is 5.73 Å². The fourth-order valence-corrected chi connectivity index (χ4v) is 3.41. The van der Waals surface area contributed by atoms with Gasteiger partial charge in [-0.3, -0.25) is 0 Å². The summed E-state index contributed by atoms with van der Waals surface area (Å²) in [7, 11) is 0. The van der Waals surface area contributed by atoms with Crippen molar-refractivity contribution in [3.05, 3.63) is 34.9 Å². The van der Waals surface area contributed by atoms with E-state index in [1.165, 1.54) is 31.2 Å². The monoisotopic (exact) mass is 229 g/mol. The summed E-state index contributed by atoms with van der Waals surface area (Å²) >= 11 is 0. The van der Waals surface area contributed by atoms with Crippen LogP contribution in [0.4, 0.5) is 0 Å². The van der Waals surface area contributed by atoms with Crippen molar-refractivity contribution in [3.8, 4) is 0 Å². The summed E-state index contributed by atoms with van der Waals surface area (Å²) in [6.45, 7) is 4.67. The van der Waals surface area contributed by atoms with E-state index in [0.717, 1.165) is 12.3 Å². The van der Waals surface area contributed by atoms with Crippen molar-refractivity contribution in [3.63, 3.8) is 0 Å². The van der Waals surface area contributed by atoms with E-state index in [0.29, 0.717) is 11.5 Å². The Labute approximate surface area is 104 Å². The molecule has 0 aliphatic heterocycles. The molecule has 1 nitrogen and oxygen atoms in total. The minimum atomic E-state index is 0.351. The Kier molecular flexibility index (Phi) is 2.55. The summed E-state index contributed by atoms with van der Waals surface area (Å²) in [6, 6.07) is 7.36. The van der Waals surface area contributed by atoms with Crippen LogP contribution in [0.3, 0.4) is 0 Å². The largest absolute Gasteiger partial charge is 0.327 e. The van der Waals surface area contributed by atoms with Crippen LogP contribution in [0.1, 0.15) is 43.4 Å². The number of aryl methyl sites for hydroxylation is 2. The van der Waals surface area contributed by atoms with Gasteiger partial charge in [-0.2, -0.15) is 0 Å². The van der Waals surface area contributed by atoms with E-state index >= 15 is 0 Å². The molecule has 1 aromatic carbocycles. The van der Waals surface area contributed by atoms with E-state index in [-0.39, 0.29) is 0 Å². The fourth-order valence-electron chi connectivity index (χ4n) is 3.41. The van der Waals surface area contributed by atoms with Crippen LogP contribution in [-0.4, -0.2) is 6.04 Å². The Balaban J connectivity index is 1.69. The van der Waals surface area contributed by atoms with Crippen LogP contribution in [0, 0.1) is 11.3 Å². The minimum absolute atomic E-state index is 0.351. The summed E-state index contributed by atoms with van der Waals surface area (Å²) in [5.41, 5.74) is 11.4. The molecule has 0 heterocycles. The fraction of sp³-hybridized carbons (Fsp3) is 0.625. The first-order valence-electron chi connectivity index (χ1n) is 6.92. The highest BCUT2D eigenvalue weighted by atomic mass is 14.7. The van der Waals surface area contributed by atoms with E-state index < -0.39 is 0 Å². The number of hydrogen-bond acceptors (Lipinski definition) is 1. The molecule has 0 spiro atoms. The van der Waals surface area contributed by atoms with Gasteiger partial charge in [-0.05, 0) is 60.1 Å². The molecule has 2 unspecified atom stereocenters. The molecular weight excluding hydrogens is 206 g/mol. The summed E-state index contributed by atoms with van der Waals surface area (Å²) in [6.07, 6.45) is 6.24. The summed E-state index contributed by atoms with van der Waals surface area (Å²) in [4.78, 5) is 0. The van der Waals surface area contributed by atoms with E-state index in [4.69, 9.17) is 5.73 Å². The average molecular weight is 229 g/mol. The topological polar surface area (TPSA) is 26.0 Å². The molecule has 2 aliphatic rings. The number of hydrogen-bond donors (Lipinski definition) is 1. The Morgan fingerprint density at radius 3 is 2.71 bits per heavy atom. The van der Waals surface area contributed by atoms with E-state index in [1.54, 1.807) is 11.1 Å². The lowest BCUT2D eigenvalue weighted by Crippen LogP contribution is -2.27. The van der Waals surface area contributed by atoms with Crippen LogP contribution in [0.25, 0.3) is 0 Å². The van der Waals surface area contributed by atoms with Crippen LogP contribution in [-0.2, 0) is 19.3 Å². The highest BCUT2D eigenvalue weighted by Gasteiger charge is 2.48. The minimum Gasteiger partial charge on any atom is -0.327 e. The lowest BCUT2D eigenvalue weighted by molar-refractivity contribution is 0.476. The Morgan fingerprint density at radius 2 is 2.00 bits per heavy atom.